The summed E-state index contributed by atoms with van der Waals surface area (Å²) in [5, 5.41) is 10.1. The molecule has 0 amide bonds. The first-order valence-electron chi connectivity index (χ1n) is 6.31. The molecule has 0 aromatic rings. The molecule has 0 bridgehead atoms. The van der Waals surface area contributed by atoms with Gasteiger partial charge < -0.3 is 9.84 Å². The summed E-state index contributed by atoms with van der Waals surface area (Å²) in [6, 6.07) is 0. The molecule has 0 radical (unpaired) electrons. The fourth-order valence-corrected chi connectivity index (χ4v) is 2.35. The molecule has 2 unspecified atom stereocenters. The zero-order valence-corrected chi connectivity index (χ0v) is 10.5. The molecule has 0 aromatic carbocycles. The highest BCUT2D eigenvalue weighted by atomic mass is 16.5. The Bertz CT molecular complexity index is 171. The van der Waals surface area contributed by atoms with Crippen molar-refractivity contribution in [1.82, 2.24) is 0 Å². The first-order chi connectivity index (χ1) is 7.05. The highest BCUT2D eigenvalue weighted by Crippen LogP contribution is 2.32. The van der Waals surface area contributed by atoms with Crippen LogP contribution in [0.5, 0.6) is 0 Å². The molecule has 0 aliphatic carbocycles. The fraction of sp³-hybridized carbons (Fsp3) is 1.00. The second-order valence-electron chi connectivity index (χ2n) is 5.66. The Labute approximate surface area is 94.0 Å². The van der Waals surface area contributed by atoms with Crippen molar-refractivity contribution in [2.75, 3.05) is 13.2 Å². The van der Waals surface area contributed by atoms with Crippen LogP contribution in [-0.4, -0.2) is 24.4 Å². The Kier molecular flexibility index (Phi) is 5.07. The predicted molar refractivity (Wildman–Crippen MR) is 62.9 cm³/mol. The molecule has 1 aliphatic rings. The molecule has 2 atom stereocenters. The second-order valence-corrected chi connectivity index (χ2v) is 5.66. The second kappa shape index (κ2) is 5.86. The third-order valence-corrected chi connectivity index (χ3v) is 3.48. The van der Waals surface area contributed by atoms with E-state index in [0.717, 1.165) is 26.1 Å². The molecular weight excluding hydrogens is 188 g/mol. The highest BCUT2D eigenvalue weighted by molar-refractivity contribution is 4.79. The molecule has 0 aromatic heterocycles. The van der Waals surface area contributed by atoms with Crippen LogP contribution >= 0.6 is 0 Å². The molecule has 2 heteroatoms. The molecule has 1 rings (SSSR count). The lowest BCUT2D eigenvalue weighted by Gasteiger charge is -2.29. The van der Waals surface area contributed by atoms with Gasteiger partial charge in [0, 0.05) is 12.5 Å². The number of aliphatic hydroxyl groups excluding tert-OH is 1. The van der Waals surface area contributed by atoms with Crippen LogP contribution in [0.2, 0.25) is 0 Å². The van der Waals surface area contributed by atoms with E-state index >= 15 is 0 Å². The summed E-state index contributed by atoms with van der Waals surface area (Å²) < 4.78 is 5.31. The Balaban J connectivity index is 2.30. The van der Waals surface area contributed by atoms with Gasteiger partial charge in [0.15, 0.2) is 0 Å². The minimum Gasteiger partial charge on any atom is -0.393 e. The first-order valence-corrected chi connectivity index (χ1v) is 6.31. The van der Waals surface area contributed by atoms with Gasteiger partial charge in [0.1, 0.15) is 0 Å². The van der Waals surface area contributed by atoms with E-state index in [4.69, 9.17) is 4.74 Å². The van der Waals surface area contributed by atoms with Crippen molar-refractivity contribution in [1.29, 1.82) is 0 Å². The summed E-state index contributed by atoms with van der Waals surface area (Å²) in [5.74, 6) is 0.380. The molecule has 15 heavy (non-hydrogen) atoms. The van der Waals surface area contributed by atoms with Gasteiger partial charge in [-0.1, -0.05) is 33.6 Å². The van der Waals surface area contributed by atoms with Gasteiger partial charge in [0.05, 0.1) is 12.7 Å². The number of ether oxygens (including phenoxy) is 1. The minimum absolute atomic E-state index is 0.167. The maximum Gasteiger partial charge on any atom is 0.0596 e. The van der Waals surface area contributed by atoms with E-state index in [-0.39, 0.29) is 11.5 Å². The Morgan fingerprint density at radius 2 is 2.20 bits per heavy atom. The molecule has 1 saturated heterocycles. The standard InChI is InChI=1S/C13H26O2/c1-4-5-7-13(2,3)9-12(14)11-6-8-15-10-11/h11-12,14H,4-10H2,1-3H3. The molecule has 2 nitrogen and oxygen atoms in total. The third-order valence-electron chi connectivity index (χ3n) is 3.48. The van der Waals surface area contributed by atoms with E-state index in [9.17, 15) is 5.11 Å². The van der Waals surface area contributed by atoms with E-state index in [0.29, 0.717) is 5.92 Å². The number of rotatable bonds is 6. The van der Waals surface area contributed by atoms with Gasteiger partial charge in [0.2, 0.25) is 0 Å². The molecule has 1 fully saturated rings. The first kappa shape index (κ1) is 13.0. The van der Waals surface area contributed by atoms with Gasteiger partial charge in [-0.25, -0.2) is 0 Å². The zero-order valence-electron chi connectivity index (χ0n) is 10.5. The minimum atomic E-state index is -0.167. The van der Waals surface area contributed by atoms with Gasteiger partial charge in [0.25, 0.3) is 0 Å². The van der Waals surface area contributed by atoms with Gasteiger partial charge >= 0.3 is 0 Å². The van der Waals surface area contributed by atoms with Crippen molar-refractivity contribution >= 4 is 0 Å². The molecule has 1 aliphatic heterocycles. The van der Waals surface area contributed by atoms with Crippen molar-refractivity contribution in [3.63, 3.8) is 0 Å². The number of hydrogen-bond donors (Lipinski definition) is 1. The Morgan fingerprint density at radius 3 is 2.73 bits per heavy atom. The van der Waals surface area contributed by atoms with Crippen LogP contribution in [0.1, 0.15) is 52.9 Å². The third kappa shape index (κ3) is 4.52. The highest BCUT2D eigenvalue weighted by Gasteiger charge is 2.29. The number of unbranched alkanes of at least 4 members (excludes halogenated alkanes) is 1. The topological polar surface area (TPSA) is 29.5 Å². The molecule has 0 saturated carbocycles. The van der Waals surface area contributed by atoms with Crippen molar-refractivity contribution in [2.45, 2.75) is 59.0 Å². The number of hydrogen-bond acceptors (Lipinski definition) is 2. The number of aliphatic hydroxyl groups is 1. The monoisotopic (exact) mass is 214 g/mol. The summed E-state index contributed by atoms with van der Waals surface area (Å²) in [6.45, 7) is 8.34. The van der Waals surface area contributed by atoms with Crippen LogP contribution < -0.4 is 0 Å². The van der Waals surface area contributed by atoms with Gasteiger partial charge in [-0.15, -0.1) is 0 Å². The smallest absolute Gasteiger partial charge is 0.0596 e. The average Bonchev–Trinajstić information content (AvgIpc) is 2.67. The van der Waals surface area contributed by atoms with Crippen molar-refractivity contribution < 1.29 is 9.84 Å². The maximum absolute atomic E-state index is 10.1. The van der Waals surface area contributed by atoms with Crippen LogP contribution in [0.25, 0.3) is 0 Å². The van der Waals surface area contributed by atoms with Gasteiger partial charge in [-0.05, 0) is 24.7 Å². The van der Waals surface area contributed by atoms with Gasteiger partial charge in [-0.3, -0.25) is 0 Å². The summed E-state index contributed by atoms with van der Waals surface area (Å²) in [4.78, 5) is 0. The van der Waals surface area contributed by atoms with E-state index in [1.54, 1.807) is 0 Å². The molecular formula is C13H26O2. The van der Waals surface area contributed by atoms with Crippen LogP contribution in [0.15, 0.2) is 0 Å². The van der Waals surface area contributed by atoms with Crippen molar-refractivity contribution in [2.24, 2.45) is 11.3 Å². The van der Waals surface area contributed by atoms with Crippen LogP contribution in [-0.2, 0) is 4.74 Å². The average molecular weight is 214 g/mol. The Morgan fingerprint density at radius 1 is 1.47 bits per heavy atom. The van der Waals surface area contributed by atoms with Crippen LogP contribution in [0.3, 0.4) is 0 Å². The SMILES string of the molecule is CCCCC(C)(C)CC(O)C1CCOC1. The zero-order chi connectivity index (χ0) is 11.3. The van der Waals surface area contributed by atoms with Gasteiger partial charge in [-0.2, -0.15) is 0 Å². The quantitative estimate of drug-likeness (QED) is 0.736. The summed E-state index contributed by atoms with van der Waals surface area (Å²) in [7, 11) is 0. The molecule has 0 spiro atoms. The van der Waals surface area contributed by atoms with E-state index in [1.165, 1.54) is 19.3 Å². The summed E-state index contributed by atoms with van der Waals surface area (Å²) in [6.07, 6.45) is 5.51. The lowest BCUT2D eigenvalue weighted by Crippen LogP contribution is -2.27. The Hall–Kier alpha value is -0.0800. The van der Waals surface area contributed by atoms with E-state index in [1.807, 2.05) is 0 Å². The fourth-order valence-electron chi connectivity index (χ4n) is 2.35. The predicted octanol–water partition coefficient (Wildman–Crippen LogP) is 2.99. The molecule has 1 heterocycles. The van der Waals surface area contributed by atoms with E-state index in [2.05, 4.69) is 20.8 Å². The lowest BCUT2D eigenvalue weighted by molar-refractivity contribution is 0.0502. The van der Waals surface area contributed by atoms with Crippen molar-refractivity contribution in [3.05, 3.63) is 0 Å². The lowest BCUT2D eigenvalue weighted by atomic mass is 9.79. The largest absolute Gasteiger partial charge is 0.393 e. The van der Waals surface area contributed by atoms with Crippen LogP contribution in [0.4, 0.5) is 0 Å². The maximum atomic E-state index is 10.1. The van der Waals surface area contributed by atoms with E-state index < -0.39 is 0 Å². The summed E-state index contributed by atoms with van der Waals surface area (Å²) >= 11 is 0. The van der Waals surface area contributed by atoms with Crippen LogP contribution in [0, 0.1) is 11.3 Å². The molecule has 90 valence electrons. The normalized spacial score (nSPS) is 24.4. The van der Waals surface area contributed by atoms with Crippen molar-refractivity contribution in [3.8, 4) is 0 Å². The summed E-state index contributed by atoms with van der Waals surface area (Å²) in [5.41, 5.74) is 0.276. The molecule has 1 N–H and O–H groups in total.